The Hall–Kier alpha value is -2.57. The normalized spacial score (nSPS) is 13.8. The van der Waals surface area contributed by atoms with Gasteiger partial charge >= 0.3 is 5.97 Å². The molecule has 0 fully saturated rings. The number of nitrogens with one attached hydrogen (secondary N) is 3. The smallest absolute Gasteiger partial charge is 0.326 e. The first-order chi connectivity index (χ1) is 12.6. The number of aryl methyl sites for hydroxylation is 2. The fraction of sp³-hybridized carbons (Fsp3) is 0.526. The van der Waals surface area contributed by atoms with Crippen LogP contribution in [0, 0.1) is 0 Å². The molecule has 2 heterocycles. The SMILES string of the molecule is C=C(CCCCc1ccc2c(n1)NCCC2)NCCC(NC=O)C(=O)O. The molecule has 1 atom stereocenters. The number of fused-ring (bicyclic) bond motifs is 1. The van der Waals surface area contributed by atoms with E-state index in [1.807, 2.05) is 0 Å². The molecule has 0 radical (unpaired) electrons. The molecule has 0 aromatic carbocycles. The number of nitrogens with zero attached hydrogens (tertiary/aromatic N) is 1. The van der Waals surface area contributed by atoms with Crippen LogP contribution in [0.5, 0.6) is 0 Å². The van der Waals surface area contributed by atoms with Crippen LogP contribution in [0.4, 0.5) is 5.82 Å². The molecule has 7 heteroatoms. The number of carboxylic acid groups (broad SMARTS) is 1. The predicted molar refractivity (Wildman–Crippen MR) is 101 cm³/mol. The molecular weight excluding hydrogens is 332 g/mol. The van der Waals surface area contributed by atoms with Crippen LogP contribution in [0.25, 0.3) is 0 Å². The molecule has 4 N–H and O–H groups in total. The van der Waals surface area contributed by atoms with Gasteiger partial charge in [-0.05, 0) is 56.6 Å². The Kier molecular flexibility index (Phi) is 7.92. The van der Waals surface area contributed by atoms with Crippen molar-refractivity contribution in [1.82, 2.24) is 15.6 Å². The first-order valence-electron chi connectivity index (χ1n) is 9.17. The van der Waals surface area contributed by atoms with Crippen molar-refractivity contribution in [2.75, 3.05) is 18.4 Å². The largest absolute Gasteiger partial charge is 0.480 e. The summed E-state index contributed by atoms with van der Waals surface area (Å²) in [6.07, 6.45) is 6.79. The van der Waals surface area contributed by atoms with Gasteiger partial charge in [-0.1, -0.05) is 12.6 Å². The highest BCUT2D eigenvalue weighted by molar-refractivity contribution is 5.76. The van der Waals surface area contributed by atoms with Crippen LogP contribution in [-0.2, 0) is 22.4 Å². The fourth-order valence-electron chi connectivity index (χ4n) is 2.99. The molecule has 1 aliphatic rings. The van der Waals surface area contributed by atoms with E-state index in [2.05, 4.69) is 34.7 Å². The lowest BCUT2D eigenvalue weighted by atomic mass is 10.1. The first kappa shape index (κ1) is 19.8. The van der Waals surface area contributed by atoms with Gasteiger partial charge in [-0.15, -0.1) is 0 Å². The first-order valence-corrected chi connectivity index (χ1v) is 9.17. The summed E-state index contributed by atoms with van der Waals surface area (Å²) < 4.78 is 0. The quantitative estimate of drug-likeness (QED) is 0.335. The summed E-state index contributed by atoms with van der Waals surface area (Å²) in [4.78, 5) is 26.0. The van der Waals surface area contributed by atoms with Gasteiger partial charge in [0, 0.05) is 24.5 Å². The van der Waals surface area contributed by atoms with Crippen LogP contribution >= 0.6 is 0 Å². The van der Waals surface area contributed by atoms with Gasteiger partial charge in [0.2, 0.25) is 6.41 Å². The van der Waals surface area contributed by atoms with Crippen LogP contribution in [0.3, 0.4) is 0 Å². The number of allylic oxidation sites excluding steroid dienone is 1. The Labute approximate surface area is 154 Å². The van der Waals surface area contributed by atoms with Crippen molar-refractivity contribution in [2.45, 2.75) is 51.0 Å². The van der Waals surface area contributed by atoms with Crippen molar-refractivity contribution in [3.63, 3.8) is 0 Å². The molecule has 0 saturated heterocycles. The minimum atomic E-state index is -1.03. The molecule has 26 heavy (non-hydrogen) atoms. The lowest BCUT2D eigenvalue weighted by Gasteiger charge is -2.17. The highest BCUT2D eigenvalue weighted by Gasteiger charge is 2.15. The lowest BCUT2D eigenvalue weighted by molar-refractivity contribution is -0.140. The summed E-state index contributed by atoms with van der Waals surface area (Å²) in [5.74, 6) is 0.00768. The molecule has 1 aromatic rings. The van der Waals surface area contributed by atoms with E-state index in [0.717, 1.165) is 55.9 Å². The minimum Gasteiger partial charge on any atom is -0.480 e. The molecule has 1 aliphatic heterocycles. The minimum absolute atomic E-state index is 0.319. The molecule has 1 unspecified atom stereocenters. The zero-order valence-corrected chi connectivity index (χ0v) is 15.1. The Morgan fingerprint density at radius 3 is 3.04 bits per heavy atom. The molecule has 0 bridgehead atoms. The highest BCUT2D eigenvalue weighted by Crippen LogP contribution is 2.20. The van der Waals surface area contributed by atoms with Gasteiger partial charge in [-0.2, -0.15) is 0 Å². The standard InChI is InChI=1S/C19H28N4O3/c1-14(20-12-10-17(19(25)26)22-13-24)5-2-3-7-16-9-8-15-6-4-11-21-18(15)23-16/h8-9,13,17,20H,1-7,10-12H2,(H,21,23)(H,22,24)(H,25,26). The van der Waals surface area contributed by atoms with Gasteiger partial charge in [0.1, 0.15) is 11.9 Å². The van der Waals surface area contributed by atoms with Gasteiger partial charge in [0.25, 0.3) is 0 Å². The van der Waals surface area contributed by atoms with E-state index >= 15 is 0 Å². The third kappa shape index (κ3) is 6.38. The van der Waals surface area contributed by atoms with Crippen molar-refractivity contribution in [1.29, 1.82) is 0 Å². The summed E-state index contributed by atoms with van der Waals surface area (Å²) in [6, 6.07) is 3.43. The molecular formula is C19H28N4O3. The third-order valence-electron chi connectivity index (χ3n) is 4.49. The van der Waals surface area contributed by atoms with Gasteiger partial charge in [0.05, 0.1) is 0 Å². The molecule has 7 nitrogen and oxygen atoms in total. The second-order valence-electron chi connectivity index (χ2n) is 6.54. The van der Waals surface area contributed by atoms with Crippen molar-refractivity contribution < 1.29 is 14.7 Å². The Morgan fingerprint density at radius 2 is 2.27 bits per heavy atom. The number of rotatable bonds is 12. The summed E-state index contributed by atoms with van der Waals surface area (Å²) in [6.45, 7) is 5.44. The number of aromatic nitrogens is 1. The van der Waals surface area contributed by atoms with Crippen molar-refractivity contribution in [3.05, 3.63) is 35.7 Å². The summed E-state index contributed by atoms with van der Waals surface area (Å²) in [7, 11) is 0. The maximum Gasteiger partial charge on any atom is 0.326 e. The zero-order chi connectivity index (χ0) is 18.8. The topological polar surface area (TPSA) is 103 Å². The number of aliphatic carboxylic acids is 1. The summed E-state index contributed by atoms with van der Waals surface area (Å²) in [5, 5.41) is 17.7. The van der Waals surface area contributed by atoms with E-state index in [1.54, 1.807) is 0 Å². The van der Waals surface area contributed by atoms with E-state index in [-0.39, 0.29) is 0 Å². The summed E-state index contributed by atoms with van der Waals surface area (Å²) in [5.41, 5.74) is 3.31. The van der Waals surface area contributed by atoms with Gasteiger partial charge in [0.15, 0.2) is 0 Å². The van der Waals surface area contributed by atoms with E-state index in [9.17, 15) is 9.59 Å². The van der Waals surface area contributed by atoms with Crippen LogP contribution in [0.2, 0.25) is 0 Å². The van der Waals surface area contributed by atoms with Crippen molar-refractivity contribution in [3.8, 4) is 0 Å². The second kappa shape index (κ2) is 10.4. The van der Waals surface area contributed by atoms with E-state index in [4.69, 9.17) is 10.1 Å². The average molecular weight is 360 g/mol. The second-order valence-corrected chi connectivity index (χ2v) is 6.54. The number of carbonyl (C=O) groups excluding carboxylic acids is 1. The molecule has 1 amide bonds. The molecule has 0 aliphatic carbocycles. The predicted octanol–water partition coefficient (Wildman–Crippen LogP) is 1.85. The van der Waals surface area contributed by atoms with Crippen molar-refractivity contribution >= 4 is 18.2 Å². The van der Waals surface area contributed by atoms with E-state index in [0.29, 0.717) is 19.4 Å². The molecule has 0 spiro atoms. The fourth-order valence-corrected chi connectivity index (χ4v) is 2.99. The molecule has 1 aromatic heterocycles. The molecule has 0 saturated carbocycles. The van der Waals surface area contributed by atoms with Crippen LogP contribution in [-0.4, -0.2) is 41.6 Å². The lowest BCUT2D eigenvalue weighted by Crippen LogP contribution is -2.38. The monoisotopic (exact) mass is 360 g/mol. The maximum absolute atomic E-state index is 10.9. The number of carboxylic acids is 1. The molecule has 142 valence electrons. The zero-order valence-electron chi connectivity index (χ0n) is 15.1. The van der Waals surface area contributed by atoms with Crippen LogP contribution in [0.1, 0.15) is 43.4 Å². The van der Waals surface area contributed by atoms with Crippen molar-refractivity contribution in [2.24, 2.45) is 0 Å². The number of pyridine rings is 1. The number of unbranched alkanes of at least 4 members (excludes halogenated alkanes) is 1. The van der Waals surface area contributed by atoms with Gasteiger partial charge in [-0.25, -0.2) is 9.78 Å². The Bertz CT molecular complexity index is 633. The van der Waals surface area contributed by atoms with Gasteiger partial charge < -0.3 is 21.1 Å². The number of hydrogen-bond acceptors (Lipinski definition) is 5. The summed E-state index contributed by atoms with van der Waals surface area (Å²) >= 11 is 0. The third-order valence-corrected chi connectivity index (χ3v) is 4.49. The van der Waals surface area contributed by atoms with Gasteiger partial charge in [-0.3, -0.25) is 4.79 Å². The Balaban J connectivity index is 1.61. The average Bonchev–Trinajstić information content (AvgIpc) is 2.64. The van der Waals surface area contributed by atoms with E-state index < -0.39 is 12.0 Å². The molecule has 2 rings (SSSR count). The number of anilines is 1. The highest BCUT2D eigenvalue weighted by atomic mass is 16.4. The number of hydrogen-bond donors (Lipinski definition) is 4. The van der Waals surface area contributed by atoms with Crippen LogP contribution in [0.15, 0.2) is 24.4 Å². The Morgan fingerprint density at radius 1 is 1.42 bits per heavy atom. The number of amides is 1. The van der Waals surface area contributed by atoms with E-state index in [1.165, 1.54) is 12.0 Å². The van der Waals surface area contributed by atoms with Crippen LogP contribution < -0.4 is 16.0 Å². The maximum atomic E-state index is 10.9. The number of carbonyl (C=O) groups is 2.